The number of hydrazone groups is 1. The van der Waals surface area contributed by atoms with Crippen LogP contribution in [0.15, 0.2) is 47.6 Å². The van der Waals surface area contributed by atoms with Gasteiger partial charge in [-0.25, -0.2) is 5.43 Å². The summed E-state index contributed by atoms with van der Waals surface area (Å²) in [6.45, 7) is -1.22. The molecule has 0 radical (unpaired) electrons. The Labute approximate surface area is 149 Å². The normalized spacial score (nSPS) is 10.8. The van der Waals surface area contributed by atoms with Crippen molar-refractivity contribution in [2.45, 2.75) is 13.5 Å². The summed E-state index contributed by atoms with van der Waals surface area (Å²) < 4.78 is 39.2. The van der Waals surface area contributed by atoms with E-state index in [-0.39, 0.29) is 18.1 Å². The number of nitrogens with one attached hydrogen (secondary N) is 1. The van der Waals surface area contributed by atoms with Gasteiger partial charge in [0.1, 0.15) is 5.75 Å². The fourth-order valence-electron chi connectivity index (χ4n) is 2.02. The van der Waals surface area contributed by atoms with Gasteiger partial charge in [0, 0.05) is 0 Å². The highest BCUT2D eigenvalue weighted by Gasteiger charge is 2.10. The summed E-state index contributed by atoms with van der Waals surface area (Å²) in [7, 11) is 1.33. The number of methoxy groups -OCH3 is 1. The lowest BCUT2D eigenvalue weighted by Gasteiger charge is -2.10. The van der Waals surface area contributed by atoms with Crippen LogP contribution in [0.5, 0.6) is 17.2 Å². The van der Waals surface area contributed by atoms with Gasteiger partial charge >= 0.3 is 6.61 Å². The predicted octanol–water partition coefficient (Wildman–Crippen LogP) is 3.13. The van der Waals surface area contributed by atoms with Crippen LogP contribution in [0.4, 0.5) is 8.78 Å². The Balaban J connectivity index is 1.88. The van der Waals surface area contributed by atoms with E-state index in [9.17, 15) is 13.6 Å². The van der Waals surface area contributed by atoms with E-state index < -0.39 is 12.5 Å². The smallest absolute Gasteiger partial charge is 0.387 e. The molecule has 2 aromatic rings. The molecule has 26 heavy (non-hydrogen) atoms. The van der Waals surface area contributed by atoms with Crippen molar-refractivity contribution < 1.29 is 27.8 Å². The first-order chi connectivity index (χ1) is 12.5. The highest BCUT2D eigenvalue weighted by molar-refractivity contribution is 5.83. The number of carbonyl (C=O) groups excluding carboxylic acids is 1. The van der Waals surface area contributed by atoms with Crippen LogP contribution < -0.4 is 19.6 Å². The minimum absolute atomic E-state index is 0.0877. The van der Waals surface area contributed by atoms with E-state index >= 15 is 0 Å². The van der Waals surface area contributed by atoms with E-state index in [0.29, 0.717) is 11.3 Å². The molecule has 0 aromatic heterocycles. The molecule has 0 aliphatic heterocycles. The second-order valence-corrected chi connectivity index (χ2v) is 5.19. The van der Waals surface area contributed by atoms with Crippen LogP contribution >= 0.6 is 0 Å². The molecule has 0 saturated carbocycles. The molecule has 0 aliphatic carbocycles. The predicted molar refractivity (Wildman–Crippen MR) is 92.0 cm³/mol. The number of hydrogen-bond donors (Lipinski definition) is 1. The summed E-state index contributed by atoms with van der Waals surface area (Å²) in [5.41, 5.74) is 3.87. The lowest BCUT2D eigenvalue weighted by molar-refractivity contribution is -0.123. The van der Waals surface area contributed by atoms with Gasteiger partial charge in [-0.15, -0.1) is 0 Å². The van der Waals surface area contributed by atoms with Crippen LogP contribution in [0.1, 0.15) is 11.1 Å². The standard InChI is InChI=1S/C18H18F2N2O4/c1-12-4-3-5-14(8-12)25-11-17(23)22-21-10-13-6-7-15(26-18(19)20)16(9-13)24-2/h3-10,18H,11H2,1-2H3,(H,22,23)/b21-10-. The van der Waals surface area contributed by atoms with E-state index in [1.54, 1.807) is 6.07 Å². The van der Waals surface area contributed by atoms with E-state index in [0.717, 1.165) is 5.56 Å². The zero-order valence-corrected chi connectivity index (χ0v) is 14.2. The van der Waals surface area contributed by atoms with Gasteiger partial charge in [0.05, 0.1) is 13.3 Å². The molecule has 1 N–H and O–H groups in total. The summed E-state index contributed by atoms with van der Waals surface area (Å²) in [4.78, 5) is 11.7. The Morgan fingerprint density at radius 1 is 1.23 bits per heavy atom. The maximum absolute atomic E-state index is 12.3. The molecule has 2 aromatic carbocycles. The van der Waals surface area contributed by atoms with Crippen molar-refractivity contribution in [1.29, 1.82) is 0 Å². The average molecular weight is 364 g/mol. The molecular formula is C18H18F2N2O4. The van der Waals surface area contributed by atoms with Gasteiger partial charge in [0.15, 0.2) is 18.1 Å². The summed E-state index contributed by atoms with van der Waals surface area (Å²) in [5.74, 6) is 0.189. The van der Waals surface area contributed by atoms with E-state index in [1.807, 2.05) is 25.1 Å². The monoisotopic (exact) mass is 364 g/mol. The highest BCUT2D eigenvalue weighted by Crippen LogP contribution is 2.28. The number of benzene rings is 2. The van der Waals surface area contributed by atoms with Crippen LogP contribution in [0, 0.1) is 6.92 Å². The highest BCUT2D eigenvalue weighted by atomic mass is 19.3. The van der Waals surface area contributed by atoms with E-state index in [4.69, 9.17) is 9.47 Å². The third-order valence-electron chi connectivity index (χ3n) is 3.17. The number of rotatable bonds is 8. The molecule has 0 aliphatic rings. The Kier molecular flexibility index (Phi) is 6.90. The Hall–Kier alpha value is -3.16. The number of carbonyl (C=O) groups is 1. The first-order valence-electron chi connectivity index (χ1n) is 7.62. The molecule has 8 heteroatoms. The van der Waals surface area contributed by atoms with Crippen LogP contribution in [0.25, 0.3) is 0 Å². The van der Waals surface area contributed by atoms with Crippen molar-refractivity contribution in [2.75, 3.05) is 13.7 Å². The zero-order valence-electron chi connectivity index (χ0n) is 14.2. The van der Waals surface area contributed by atoms with Crippen molar-refractivity contribution in [3.05, 3.63) is 53.6 Å². The van der Waals surface area contributed by atoms with Crippen molar-refractivity contribution in [2.24, 2.45) is 5.10 Å². The molecule has 6 nitrogen and oxygen atoms in total. The van der Waals surface area contributed by atoms with Crippen molar-refractivity contribution in [1.82, 2.24) is 5.43 Å². The molecular weight excluding hydrogens is 346 g/mol. The van der Waals surface area contributed by atoms with Crippen molar-refractivity contribution >= 4 is 12.1 Å². The van der Waals surface area contributed by atoms with Gasteiger partial charge in [-0.2, -0.15) is 13.9 Å². The van der Waals surface area contributed by atoms with Gasteiger partial charge in [-0.3, -0.25) is 4.79 Å². The average Bonchev–Trinajstić information content (AvgIpc) is 2.61. The second-order valence-electron chi connectivity index (χ2n) is 5.19. The number of aryl methyl sites for hydroxylation is 1. The quantitative estimate of drug-likeness (QED) is 0.577. The Bertz CT molecular complexity index is 782. The maximum atomic E-state index is 12.3. The van der Waals surface area contributed by atoms with E-state index in [2.05, 4.69) is 15.3 Å². The minimum atomic E-state index is -2.95. The molecule has 0 fully saturated rings. The summed E-state index contributed by atoms with van der Waals surface area (Å²) in [5, 5.41) is 3.79. The summed E-state index contributed by atoms with van der Waals surface area (Å²) in [6.07, 6.45) is 1.35. The van der Waals surface area contributed by atoms with Crippen molar-refractivity contribution in [3.8, 4) is 17.2 Å². The van der Waals surface area contributed by atoms with Crippen LogP contribution in [-0.2, 0) is 4.79 Å². The number of ether oxygens (including phenoxy) is 3. The molecule has 1 amide bonds. The molecule has 2 rings (SSSR count). The van der Waals surface area contributed by atoms with Gasteiger partial charge in [0.25, 0.3) is 5.91 Å². The lowest BCUT2D eigenvalue weighted by Crippen LogP contribution is -2.24. The van der Waals surface area contributed by atoms with Gasteiger partial charge in [-0.05, 0) is 48.4 Å². The Morgan fingerprint density at radius 2 is 2.04 bits per heavy atom. The van der Waals surface area contributed by atoms with Gasteiger partial charge < -0.3 is 14.2 Å². The minimum Gasteiger partial charge on any atom is -0.493 e. The maximum Gasteiger partial charge on any atom is 0.387 e. The summed E-state index contributed by atoms with van der Waals surface area (Å²) in [6, 6.07) is 11.6. The van der Waals surface area contributed by atoms with Gasteiger partial charge in [0.2, 0.25) is 0 Å². The molecule has 138 valence electrons. The molecule has 0 unspecified atom stereocenters. The van der Waals surface area contributed by atoms with Gasteiger partial charge in [-0.1, -0.05) is 12.1 Å². The molecule has 0 spiro atoms. The molecule has 0 bridgehead atoms. The fraction of sp³-hybridized carbons (Fsp3) is 0.222. The number of amides is 1. The summed E-state index contributed by atoms with van der Waals surface area (Å²) >= 11 is 0. The molecule has 0 atom stereocenters. The van der Waals surface area contributed by atoms with Crippen LogP contribution in [0.3, 0.4) is 0 Å². The molecule has 0 heterocycles. The molecule has 0 saturated heterocycles. The van der Waals surface area contributed by atoms with Crippen molar-refractivity contribution in [3.63, 3.8) is 0 Å². The number of alkyl halides is 2. The second kappa shape index (κ2) is 9.36. The van der Waals surface area contributed by atoms with Crippen LogP contribution in [0.2, 0.25) is 0 Å². The zero-order chi connectivity index (χ0) is 18.9. The first kappa shape index (κ1) is 19.2. The topological polar surface area (TPSA) is 69.2 Å². The first-order valence-corrected chi connectivity index (χ1v) is 7.62. The lowest BCUT2D eigenvalue weighted by atomic mass is 10.2. The largest absolute Gasteiger partial charge is 0.493 e. The third kappa shape index (κ3) is 6.04. The number of nitrogens with zero attached hydrogens (tertiary/aromatic N) is 1. The fourth-order valence-corrected chi connectivity index (χ4v) is 2.02. The third-order valence-corrected chi connectivity index (χ3v) is 3.17. The van der Waals surface area contributed by atoms with E-state index in [1.165, 1.54) is 31.5 Å². The Morgan fingerprint density at radius 3 is 2.73 bits per heavy atom. The SMILES string of the molecule is COc1cc(/C=N\NC(=O)COc2cccc(C)c2)ccc1OC(F)F. The number of halogens is 2. The van der Waals surface area contributed by atoms with Crippen LogP contribution in [-0.4, -0.2) is 32.4 Å². The number of hydrogen-bond acceptors (Lipinski definition) is 5.